The zero-order valence-electron chi connectivity index (χ0n) is 12.4. The molecule has 20 heavy (non-hydrogen) atoms. The highest BCUT2D eigenvalue weighted by atomic mass is 32.2. The minimum atomic E-state index is -3.36. The molecule has 116 valence electrons. The Hall–Kier alpha value is -0.470. The van der Waals surface area contributed by atoms with Gasteiger partial charge in [0.1, 0.15) is 4.21 Å². The summed E-state index contributed by atoms with van der Waals surface area (Å²) in [7, 11) is 0.160. The monoisotopic (exact) mass is 320 g/mol. The summed E-state index contributed by atoms with van der Waals surface area (Å²) in [6, 6.07) is 1.74. The lowest BCUT2D eigenvalue weighted by Crippen LogP contribution is -2.24. The Labute approximate surface area is 125 Å². The van der Waals surface area contributed by atoms with Crippen molar-refractivity contribution in [3.8, 4) is 0 Å². The second-order valence-electron chi connectivity index (χ2n) is 4.65. The first-order valence-corrected chi connectivity index (χ1v) is 9.03. The van der Waals surface area contributed by atoms with E-state index in [1.807, 2.05) is 14.0 Å². The maximum absolute atomic E-state index is 12.1. The Morgan fingerprint density at radius 2 is 2.05 bits per heavy atom. The van der Waals surface area contributed by atoms with Crippen molar-refractivity contribution in [1.82, 2.24) is 10.0 Å². The molecule has 0 fully saturated rings. The summed E-state index contributed by atoms with van der Waals surface area (Å²) >= 11 is 1.33. The lowest BCUT2D eigenvalue weighted by molar-refractivity contribution is 0.192. The molecule has 0 aliphatic carbocycles. The van der Waals surface area contributed by atoms with Crippen LogP contribution in [0.5, 0.6) is 0 Å². The number of thiophene rings is 1. The van der Waals surface area contributed by atoms with E-state index in [4.69, 9.17) is 4.74 Å². The predicted octanol–water partition coefficient (Wildman–Crippen LogP) is 1.87. The van der Waals surface area contributed by atoms with Crippen LogP contribution in [0.1, 0.15) is 29.7 Å². The Balaban J connectivity index is 2.49. The van der Waals surface area contributed by atoms with Gasteiger partial charge in [-0.25, -0.2) is 13.1 Å². The molecule has 1 rings (SSSR count). The minimum absolute atomic E-state index is 0.400. The molecule has 1 heterocycles. The van der Waals surface area contributed by atoms with Gasteiger partial charge in [-0.1, -0.05) is 0 Å². The summed E-state index contributed by atoms with van der Waals surface area (Å²) in [6.45, 7) is 3.84. The van der Waals surface area contributed by atoms with Gasteiger partial charge in [0, 0.05) is 31.7 Å². The fraction of sp³-hybridized carbons (Fsp3) is 0.692. The highest BCUT2D eigenvalue weighted by Crippen LogP contribution is 2.25. The number of aryl methyl sites for hydroxylation is 1. The van der Waals surface area contributed by atoms with E-state index >= 15 is 0 Å². The predicted molar refractivity (Wildman–Crippen MR) is 82.7 cm³/mol. The van der Waals surface area contributed by atoms with Gasteiger partial charge in [-0.15, -0.1) is 11.3 Å². The van der Waals surface area contributed by atoms with E-state index in [1.165, 1.54) is 11.3 Å². The first-order chi connectivity index (χ1) is 9.51. The number of ether oxygens (including phenoxy) is 1. The molecule has 0 spiro atoms. The van der Waals surface area contributed by atoms with Crippen molar-refractivity contribution in [2.75, 3.05) is 27.3 Å². The number of rotatable bonds is 10. The fourth-order valence-electron chi connectivity index (χ4n) is 1.78. The molecular weight excluding hydrogens is 296 g/mol. The van der Waals surface area contributed by atoms with Gasteiger partial charge in [0.15, 0.2) is 0 Å². The van der Waals surface area contributed by atoms with Gasteiger partial charge < -0.3 is 10.1 Å². The third-order valence-electron chi connectivity index (χ3n) is 2.92. The third-order valence-corrected chi connectivity index (χ3v) is 6.09. The zero-order chi connectivity index (χ0) is 15.0. The smallest absolute Gasteiger partial charge is 0.250 e. The van der Waals surface area contributed by atoms with Gasteiger partial charge in [0.05, 0.1) is 0 Å². The lowest BCUT2D eigenvalue weighted by atomic mass is 10.2. The second kappa shape index (κ2) is 8.74. The highest BCUT2D eigenvalue weighted by molar-refractivity contribution is 7.91. The molecule has 0 radical (unpaired) electrons. The average Bonchev–Trinajstić information content (AvgIpc) is 2.77. The zero-order valence-corrected chi connectivity index (χ0v) is 14.0. The molecule has 0 aliphatic rings. The van der Waals surface area contributed by atoms with Crippen LogP contribution in [0.25, 0.3) is 0 Å². The normalized spacial score (nSPS) is 11.9. The molecule has 0 aliphatic heterocycles. The van der Waals surface area contributed by atoms with Crippen LogP contribution in [0, 0.1) is 6.92 Å². The molecule has 0 saturated heterocycles. The van der Waals surface area contributed by atoms with E-state index in [0.29, 0.717) is 17.3 Å². The number of nitrogens with one attached hydrogen (secondary N) is 2. The van der Waals surface area contributed by atoms with E-state index in [2.05, 4.69) is 10.0 Å². The average molecular weight is 320 g/mol. The molecule has 7 heteroatoms. The first kappa shape index (κ1) is 17.6. The molecule has 0 bridgehead atoms. The van der Waals surface area contributed by atoms with Crippen LogP contribution in [0.2, 0.25) is 0 Å². The topological polar surface area (TPSA) is 67.4 Å². The summed E-state index contributed by atoms with van der Waals surface area (Å²) in [5.41, 5.74) is 1.02. The van der Waals surface area contributed by atoms with Gasteiger partial charge in [0.25, 0.3) is 0 Å². The van der Waals surface area contributed by atoms with Crippen molar-refractivity contribution in [2.24, 2.45) is 0 Å². The second-order valence-corrected chi connectivity index (χ2v) is 7.78. The number of hydrogen-bond acceptors (Lipinski definition) is 5. The van der Waals surface area contributed by atoms with E-state index in [0.717, 1.165) is 36.3 Å². The Bertz CT molecular complexity index is 498. The Kier molecular flexibility index (Phi) is 7.68. The largest absolute Gasteiger partial charge is 0.385 e. The molecule has 1 aromatic rings. The Morgan fingerprint density at radius 3 is 2.70 bits per heavy atom. The van der Waals surface area contributed by atoms with Gasteiger partial charge in [-0.3, -0.25) is 0 Å². The van der Waals surface area contributed by atoms with E-state index in [-0.39, 0.29) is 0 Å². The van der Waals surface area contributed by atoms with Crippen LogP contribution in [0.15, 0.2) is 10.3 Å². The van der Waals surface area contributed by atoms with E-state index < -0.39 is 10.0 Å². The maximum Gasteiger partial charge on any atom is 0.250 e. The summed E-state index contributed by atoms with van der Waals surface area (Å²) in [5, 5.41) is 3.04. The summed E-state index contributed by atoms with van der Waals surface area (Å²) < 4.78 is 32.3. The summed E-state index contributed by atoms with van der Waals surface area (Å²) in [5.74, 6) is 0. The van der Waals surface area contributed by atoms with Crippen molar-refractivity contribution >= 4 is 21.4 Å². The molecule has 5 nitrogen and oxygen atoms in total. The molecular formula is C13H24N2O3S2. The van der Waals surface area contributed by atoms with E-state index in [1.54, 1.807) is 13.2 Å². The summed E-state index contributed by atoms with van der Waals surface area (Å²) in [6.07, 6.45) is 2.75. The number of unbranched alkanes of at least 4 members (excludes halogenated alkanes) is 2. The van der Waals surface area contributed by atoms with Crippen molar-refractivity contribution in [2.45, 2.75) is 36.9 Å². The molecule has 2 N–H and O–H groups in total. The van der Waals surface area contributed by atoms with Gasteiger partial charge in [-0.2, -0.15) is 0 Å². The third kappa shape index (κ3) is 5.49. The van der Waals surface area contributed by atoms with Crippen LogP contribution >= 0.6 is 11.3 Å². The van der Waals surface area contributed by atoms with Crippen LogP contribution in [0.3, 0.4) is 0 Å². The van der Waals surface area contributed by atoms with Crippen molar-refractivity contribution in [3.05, 3.63) is 16.5 Å². The number of sulfonamides is 1. The van der Waals surface area contributed by atoms with E-state index in [9.17, 15) is 8.42 Å². The first-order valence-electron chi connectivity index (χ1n) is 6.73. The lowest BCUT2D eigenvalue weighted by Gasteiger charge is -2.04. The highest BCUT2D eigenvalue weighted by Gasteiger charge is 2.17. The van der Waals surface area contributed by atoms with Crippen LogP contribution < -0.4 is 10.0 Å². The molecule has 0 aromatic carbocycles. The van der Waals surface area contributed by atoms with Crippen molar-refractivity contribution in [3.63, 3.8) is 0 Å². The van der Waals surface area contributed by atoms with Gasteiger partial charge >= 0.3 is 0 Å². The number of hydrogen-bond donors (Lipinski definition) is 2. The quantitative estimate of drug-likeness (QED) is 0.646. The molecule has 0 amide bonds. The minimum Gasteiger partial charge on any atom is -0.385 e. The number of methoxy groups -OCH3 is 1. The van der Waals surface area contributed by atoms with Crippen LogP contribution in [0.4, 0.5) is 0 Å². The fourth-order valence-corrected chi connectivity index (χ4v) is 4.50. The maximum atomic E-state index is 12.1. The van der Waals surface area contributed by atoms with Gasteiger partial charge in [0.2, 0.25) is 10.0 Å². The summed E-state index contributed by atoms with van der Waals surface area (Å²) in [4.78, 5) is 1.06. The Morgan fingerprint density at radius 1 is 1.30 bits per heavy atom. The molecule has 0 atom stereocenters. The van der Waals surface area contributed by atoms with Gasteiger partial charge in [-0.05, 0) is 44.9 Å². The molecule has 0 unspecified atom stereocenters. The molecule has 1 aromatic heterocycles. The standard InChI is InChI=1S/C13H24N2O3S2/c1-11-9-13(19-12(11)10-14-2)20(16,17)15-7-5-4-6-8-18-3/h9,14-15H,4-8,10H2,1-3H3. The van der Waals surface area contributed by atoms with Crippen molar-refractivity contribution < 1.29 is 13.2 Å². The molecule has 0 saturated carbocycles. The van der Waals surface area contributed by atoms with Crippen LogP contribution in [-0.4, -0.2) is 35.7 Å². The van der Waals surface area contributed by atoms with Crippen molar-refractivity contribution in [1.29, 1.82) is 0 Å². The SMILES string of the molecule is CNCc1sc(S(=O)(=O)NCCCCCOC)cc1C. The van der Waals surface area contributed by atoms with Crippen LogP contribution in [-0.2, 0) is 21.3 Å².